The lowest BCUT2D eigenvalue weighted by molar-refractivity contribution is 0.157. The Morgan fingerprint density at radius 3 is 2.48 bits per heavy atom. The first-order chi connectivity index (χ1) is 10.2. The zero-order chi connectivity index (χ0) is 15.1. The van der Waals surface area contributed by atoms with E-state index in [1.165, 1.54) is 43.2 Å². The summed E-state index contributed by atoms with van der Waals surface area (Å²) in [6, 6.07) is 9.83. The largest absolute Gasteiger partial charge is 0.313 e. The number of rotatable bonds is 7. The Morgan fingerprint density at radius 2 is 1.81 bits per heavy atom. The summed E-state index contributed by atoms with van der Waals surface area (Å²) in [6.45, 7) is 7.59. The van der Waals surface area contributed by atoms with Crippen LogP contribution >= 0.6 is 0 Å². The monoisotopic (exact) mass is 288 g/mol. The SMILES string of the molecule is CCNCc1cccc(CN(C)C2CCC(CC)CC2)c1. The van der Waals surface area contributed by atoms with Crippen molar-refractivity contribution in [2.75, 3.05) is 13.6 Å². The van der Waals surface area contributed by atoms with Crippen LogP contribution in [0.15, 0.2) is 24.3 Å². The van der Waals surface area contributed by atoms with Gasteiger partial charge in [0.2, 0.25) is 0 Å². The molecule has 1 fully saturated rings. The van der Waals surface area contributed by atoms with Crippen LogP contribution in [0.25, 0.3) is 0 Å². The molecule has 0 radical (unpaired) electrons. The molecule has 118 valence electrons. The van der Waals surface area contributed by atoms with E-state index < -0.39 is 0 Å². The second-order valence-electron chi connectivity index (χ2n) is 6.60. The van der Waals surface area contributed by atoms with E-state index in [0.29, 0.717) is 0 Å². The fourth-order valence-corrected chi connectivity index (χ4v) is 3.52. The van der Waals surface area contributed by atoms with E-state index in [4.69, 9.17) is 0 Å². The molecule has 0 aromatic heterocycles. The Morgan fingerprint density at radius 1 is 1.10 bits per heavy atom. The summed E-state index contributed by atoms with van der Waals surface area (Å²) < 4.78 is 0. The van der Waals surface area contributed by atoms with Crippen LogP contribution in [0.4, 0.5) is 0 Å². The second kappa shape index (κ2) is 8.55. The number of hydrogen-bond acceptors (Lipinski definition) is 2. The molecule has 1 aliphatic carbocycles. The van der Waals surface area contributed by atoms with Crippen molar-refractivity contribution in [3.8, 4) is 0 Å². The van der Waals surface area contributed by atoms with Gasteiger partial charge in [0, 0.05) is 19.1 Å². The summed E-state index contributed by atoms with van der Waals surface area (Å²) in [4.78, 5) is 2.57. The summed E-state index contributed by atoms with van der Waals surface area (Å²) in [5.74, 6) is 0.984. The van der Waals surface area contributed by atoms with Gasteiger partial charge in [-0.2, -0.15) is 0 Å². The number of nitrogens with zero attached hydrogens (tertiary/aromatic N) is 1. The zero-order valence-corrected chi connectivity index (χ0v) is 14.1. The van der Waals surface area contributed by atoms with Crippen LogP contribution in [-0.2, 0) is 13.1 Å². The average Bonchev–Trinajstić information content (AvgIpc) is 2.53. The van der Waals surface area contributed by atoms with Crippen LogP contribution in [0.3, 0.4) is 0 Å². The Balaban J connectivity index is 1.86. The van der Waals surface area contributed by atoms with Gasteiger partial charge >= 0.3 is 0 Å². The average molecular weight is 288 g/mol. The first-order valence-corrected chi connectivity index (χ1v) is 8.71. The van der Waals surface area contributed by atoms with Gasteiger partial charge in [-0.3, -0.25) is 4.90 Å². The van der Waals surface area contributed by atoms with Crippen LogP contribution in [0.2, 0.25) is 0 Å². The summed E-state index contributed by atoms with van der Waals surface area (Å²) in [7, 11) is 2.30. The molecule has 1 aromatic carbocycles. The molecule has 1 aliphatic rings. The molecular formula is C19H32N2. The van der Waals surface area contributed by atoms with Crippen LogP contribution in [0.5, 0.6) is 0 Å². The molecule has 1 saturated carbocycles. The molecule has 2 nitrogen and oxygen atoms in total. The third-order valence-corrected chi connectivity index (χ3v) is 5.02. The van der Waals surface area contributed by atoms with Crippen molar-refractivity contribution in [2.24, 2.45) is 5.92 Å². The molecule has 2 heteroatoms. The molecule has 0 spiro atoms. The number of benzene rings is 1. The van der Waals surface area contributed by atoms with E-state index >= 15 is 0 Å². The molecular weight excluding hydrogens is 256 g/mol. The minimum atomic E-state index is 0.783. The van der Waals surface area contributed by atoms with Crippen LogP contribution in [0, 0.1) is 5.92 Å². The Bertz CT molecular complexity index is 408. The van der Waals surface area contributed by atoms with Gasteiger partial charge in [-0.05, 0) is 56.3 Å². The van der Waals surface area contributed by atoms with Crippen molar-refractivity contribution in [3.05, 3.63) is 35.4 Å². The van der Waals surface area contributed by atoms with Gasteiger partial charge in [0.15, 0.2) is 0 Å². The van der Waals surface area contributed by atoms with E-state index in [9.17, 15) is 0 Å². The van der Waals surface area contributed by atoms with Crippen molar-refractivity contribution in [3.63, 3.8) is 0 Å². The maximum Gasteiger partial charge on any atom is 0.0233 e. The molecule has 1 aromatic rings. The van der Waals surface area contributed by atoms with Gasteiger partial charge in [0.25, 0.3) is 0 Å². The fraction of sp³-hybridized carbons (Fsp3) is 0.684. The predicted octanol–water partition coefficient (Wildman–Crippen LogP) is 4.20. The van der Waals surface area contributed by atoms with E-state index in [1.54, 1.807) is 0 Å². The minimum Gasteiger partial charge on any atom is -0.313 e. The van der Waals surface area contributed by atoms with E-state index in [0.717, 1.165) is 31.6 Å². The summed E-state index contributed by atoms with van der Waals surface area (Å²) >= 11 is 0. The smallest absolute Gasteiger partial charge is 0.0233 e. The maximum absolute atomic E-state index is 3.41. The van der Waals surface area contributed by atoms with E-state index in [-0.39, 0.29) is 0 Å². The van der Waals surface area contributed by atoms with Crippen LogP contribution < -0.4 is 5.32 Å². The normalized spacial score (nSPS) is 22.7. The fourth-order valence-electron chi connectivity index (χ4n) is 3.52. The van der Waals surface area contributed by atoms with Crippen molar-refractivity contribution in [1.29, 1.82) is 0 Å². The number of hydrogen-bond donors (Lipinski definition) is 1. The van der Waals surface area contributed by atoms with E-state index in [2.05, 4.69) is 55.4 Å². The highest BCUT2D eigenvalue weighted by molar-refractivity contribution is 5.23. The van der Waals surface area contributed by atoms with Crippen LogP contribution in [-0.4, -0.2) is 24.5 Å². The highest BCUT2D eigenvalue weighted by atomic mass is 15.1. The third kappa shape index (κ3) is 5.12. The molecule has 0 heterocycles. The zero-order valence-electron chi connectivity index (χ0n) is 14.1. The Labute approximate surface area is 130 Å². The summed E-state index contributed by atoms with van der Waals surface area (Å²) in [5, 5.41) is 3.41. The van der Waals surface area contributed by atoms with Gasteiger partial charge < -0.3 is 5.32 Å². The molecule has 0 aliphatic heterocycles. The first kappa shape index (κ1) is 16.5. The topological polar surface area (TPSA) is 15.3 Å². The highest BCUT2D eigenvalue weighted by Gasteiger charge is 2.22. The summed E-state index contributed by atoms with van der Waals surface area (Å²) in [6.07, 6.45) is 6.97. The molecule has 0 unspecified atom stereocenters. The third-order valence-electron chi connectivity index (χ3n) is 5.02. The standard InChI is InChI=1S/C19H32N2/c1-4-16-9-11-19(12-10-16)21(3)15-18-8-6-7-17(13-18)14-20-5-2/h6-8,13,16,19-20H,4-5,9-12,14-15H2,1-3H3. The lowest BCUT2D eigenvalue weighted by Crippen LogP contribution is -2.34. The van der Waals surface area contributed by atoms with Gasteiger partial charge in [0.05, 0.1) is 0 Å². The lowest BCUT2D eigenvalue weighted by atomic mass is 9.84. The molecule has 0 bridgehead atoms. The minimum absolute atomic E-state index is 0.783. The van der Waals surface area contributed by atoms with Crippen LogP contribution in [0.1, 0.15) is 57.1 Å². The Kier molecular flexibility index (Phi) is 6.72. The van der Waals surface area contributed by atoms with Crippen molar-refractivity contribution < 1.29 is 0 Å². The van der Waals surface area contributed by atoms with E-state index in [1.807, 2.05) is 0 Å². The second-order valence-corrected chi connectivity index (χ2v) is 6.60. The molecule has 1 N–H and O–H groups in total. The van der Waals surface area contributed by atoms with Gasteiger partial charge in [-0.15, -0.1) is 0 Å². The molecule has 0 saturated heterocycles. The lowest BCUT2D eigenvalue weighted by Gasteiger charge is -2.34. The maximum atomic E-state index is 3.41. The summed E-state index contributed by atoms with van der Waals surface area (Å²) in [5.41, 5.74) is 2.85. The molecule has 2 rings (SSSR count). The highest BCUT2D eigenvalue weighted by Crippen LogP contribution is 2.29. The Hall–Kier alpha value is -0.860. The van der Waals surface area contributed by atoms with Crippen molar-refractivity contribution in [2.45, 2.75) is 65.1 Å². The molecule has 0 amide bonds. The molecule has 0 atom stereocenters. The van der Waals surface area contributed by atoms with Gasteiger partial charge in [0.1, 0.15) is 0 Å². The quantitative estimate of drug-likeness (QED) is 0.809. The first-order valence-electron chi connectivity index (χ1n) is 8.71. The van der Waals surface area contributed by atoms with Gasteiger partial charge in [-0.25, -0.2) is 0 Å². The number of nitrogens with one attached hydrogen (secondary N) is 1. The predicted molar refractivity (Wildman–Crippen MR) is 91.3 cm³/mol. The van der Waals surface area contributed by atoms with Crippen molar-refractivity contribution in [1.82, 2.24) is 10.2 Å². The van der Waals surface area contributed by atoms with Crippen molar-refractivity contribution >= 4 is 0 Å². The van der Waals surface area contributed by atoms with Gasteiger partial charge in [-0.1, -0.05) is 44.5 Å². The molecule has 21 heavy (non-hydrogen) atoms.